The Balaban J connectivity index is 1.95. The number of methoxy groups -OCH3 is 2. The van der Waals surface area contributed by atoms with Crippen LogP contribution in [0.25, 0.3) is 0 Å². The van der Waals surface area contributed by atoms with E-state index in [0.29, 0.717) is 11.3 Å². The van der Waals surface area contributed by atoms with Crippen molar-refractivity contribution >= 4 is 23.5 Å². The van der Waals surface area contributed by atoms with Gasteiger partial charge in [-0.1, -0.05) is 5.21 Å². The molecule has 0 aliphatic rings. The van der Waals surface area contributed by atoms with Crippen LogP contribution in [-0.4, -0.2) is 47.1 Å². The Morgan fingerprint density at radius 3 is 2.35 bits per heavy atom. The number of anilines is 1. The third-order valence-electron chi connectivity index (χ3n) is 2.83. The van der Waals surface area contributed by atoms with Crippen molar-refractivity contribution in [2.24, 2.45) is 0 Å². The van der Waals surface area contributed by atoms with E-state index in [-0.39, 0.29) is 18.1 Å². The van der Waals surface area contributed by atoms with E-state index in [9.17, 15) is 14.4 Å². The van der Waals surface area contributed by atoms with E-state index in [1.54, 1.807) is 12.1 Å². The molecule has 23 heavy (non-hydrogen) atoms. The minimum atomic E-state index is -0.630. The first-order chi connectivity index (χ1) is 11.0. The highest BCUT2D eigenvalue weighted by Crippen LogP contribution is 2.10. The van der Waals surface area contributed by atoms with Crippen LogP contribution in [0.1, 0.15) is 20.8 Å². The lowest BCUT2D eigenvalue weighted by molar-refractivity contribution is -0.116. The maximum Gasteiger partial charge on any atom is 0.360 e. The first kappa shape index (κ1) is 16.1. The van der Waals surface area contributed by atoms with E-state index in [2.05, 4.69) is 25.1 Å². The number of carbonyl (C=O) groups is 3. The molecule has 2 rings (SSSR count). The predicted molar refractivity (Wildman–Crippen MR) is 77.8 cm³/mol. The first-order valence-electron chi connectivity index (χ1n) is 6.50. The van der Waals surface area contributed by atoms with Gasteiger partial charge < -0.3 is 14.8 Å². The second kappa shape index (κ2) is 7.16. The molecule has 1 heterocycles. The second-order valence-electron chi connectivity index (χ2n) is 4.41. The van der Waals surface area contributed by atoms with Crippen LogP contribution in [-0.2, 0) is 20.8 Å². The monoisotopic (exact) mass is 318 g/mol. The third kappa shape index (κ3) is 4.13. The summed E-state index contributed by atoms with van der Waals surface area (Å²) in [6, 6.07) is 6.22. The van der Waals surface area contributed by atoms with E-state index < -0.39 is 11.9 Å². The lowest BCUT2D eigenvalue weighted by Gasteiger charge is -2.05. The van der Waals surface area contributed by atoms with Crippen molar-refractivity contribution in [3.63, 3.8) is 0 Å². The zero-order valence-corrected chi connectivity index (χ0v) is 12.5. The molecule has 0 radical (unpaired) electrons. The number of carbonyl (C=O) groups excluding carboxylic acids is 3. The zero-order chi connectivity index (χ0) is 16.8. The Hall–Kier alpha value is -3.23. The lowest BCUT2D eigenvalue weighted by atomic mass is 10.2. The van der Waals surface area contributed by atoms with Crippen LogP contribution < -0.4 is 5.32 Å². The van der Waals surface area contributed by atoms with Crippen molar-refractivity contribution in [3.05, 3.63) is 41.7 Å². The minimum Gasteiger partial charge on any atom is -0.465 e. The molecule has 0 unspecified atom stereocenters. The van der Waals surface area contributed by atoms with Crippen LogP contribution in [0, 0.1) is 0 Å². The molecule has 0 saturated carbocycles. The van der Waals surface area contributed by atoms with Gasteiger partial charge >= 0.3 is 11.9 Å². The number of hydrogen-bond acceptors (Lipinski definition) is 7. The molecule has 1 amide bonds. The van der Waals surface area contributed by atoms with Crippen LogP contribution >= 0.6 is 0 Å². The van der Waals surface area contributed by atoms with Gasteiger partial charge in [0.15, 0.2) is 5.69 Å². The number of nitrogens with zero attached hydrogens (tertiary/aromatic N) is 3. The average Bonchev–Trinajstić information content (AvgIpc) is 3.02. The van der Waals surface area contributed by atoms with Gasteiger partial charge in [-0.2, -0.15) is 0 Å². The Kier molecular flexibility index (Phi) is 5.03. The van der Waals surface area contributed by atoms with E-state index in [4.69, 9.17) is 0 Å². The van der Waals surface area contributed by atoms with Crippen molar-refractivity contribution in [3.8, 4) is 0 Å². The van der Waals surface area contributed by atoms with Gasteiger partial charge in [0.05, 0.1) is 26.0 Å². The molecule has 9 heteroatoms. The maximum absolute atomic E-state index is 11.9. The number of esters is 2. The summed E-state index contributed by atoms with van der Waals surface area (Å²) in [5.74, 6) is -1.45. The van der Waals surface area contributed by atoms with Crippen LogP contribution in [0.2, 0.25) is 0 Å². The summed E-state index contributed by atoms with van der Waals surface area (Å²) in [4.78, 5) is 34.4. The fourth-order valence-corrected chi connectivity index (χ4v) is 1.73. The smallest absolute Gasteiger partial charge is 0.360 e. The summed E-state index contributed by atoms with van der Waals surface area (Å²) in [6.45, 7) is -0.122. The van der Waals surface area contributed by atoms with E-state index in [1.165, 1.54) is 37.2 Å². The van der Waals surface area contributed by atoms with Crippen LogP contribution in [0.15, 0.2) is 30.5 Å². The van der Waals surface area contributed by atoms with Crippen molar-refractivity contribution in [1.82, 2.24) is 15.0 Å². The highest BCUT2D eigenvalue weighted by molar-refractivity contribution is 5.93. The molecule has 1 aromatic heterocycles. The summed E-state index contributed by atoms with van der Waals surface area (Å²) < 4.78 is 10.3. The summed E-state index contributed by atoms with van der Waals surface area (Å²) in [5, 5.41) is 9.88. The van der Waals surface area contributed by atoms with Crippen molar-refractivity contribution < 1.29 is 23.9 Å². The maximum atomic E-state index is 11.9. The van der Waals surface area contributed by atoms with Gasteiger partial charge in [0.2, 0.25) is 5.91 Å². The SMILES string of the molecule is COC(=O)c1ccc(NC(=O)Cn2cc(C(=O)OC)nn2)cc1. The van der Waals surface area contributed by atoms with Gasteiger partial charge in [0.1, 0.15) is 6.54 Å². The molecule has 0 aliphatic heterocycles. The van der Waals surface area contributed by atoms with Gasteiger partial charge in [-0.05, 0) is 24.3 Å². The van der Waals surface area contributed by atoms with Gasteiger partial charge in [-0.3, -0.25) is 4.79 Å². The normalized spacial score (nSPS) is 10.0. The molecule has 0 spiro atoms. The van der Waals surface area contributed by atoms with Gasteiger partial charge in [0.25, 0.3) is 0 Å². The van der Waals surface area contributed by atoms with Crippen LogP contribution in [0.3, 0.4) is 0 Å². The van der Waals surface area contributed by atoms with Crippen LogP contribution in [0.4, 0.5) is 5.69 Å². The van der Waals surface area contributed by atoms with Crippen molar-refractivity contribution in [1.29, 1.82) is 0 Å². The first-order valence-corrected chi connectivity index (χ1v) is 6.50. The molecule has 0 bridgehead atoms. The zero-order valence-electron chi connectivity index (χ0n) is 12.5. The van der Waals surface area contributed by atoms with Gasteiger partial charge in [0, 0.05) is 5.69 Å². The standard InChI is InChI=1S/C14H14N4O5/c1-22-13(20)9-3-5-10(6-4-9)15-12(19)8-18-7-11(16-17-18)14(21)23-2/h3-7H,8H2,1-2H3,(H,15,19). The summed E-state index contributed by atoms with van der Waals surface area (Å²) in [6.07, 6.45) is 1.31. The molecule has 0 atom stereocenters. The molecule has 120 valence electrons. The average molecular weight is 318 g/mol. The highest BCUT2D eigenvalue weighted by Gasteiger charge is 2.12. The van der Waals surface area contributed by atoms with E-state index >= 15 is 0 Å². The number of rotatable bonds is 5. The third-order valence-corrected chi connectivity index (χ3v) is 2.83. The summed E-state index contributed by atoms with van der Waals surface area (Å²) in [5.41, 5.74) is 0.906. The van der Waals surface area contributed by atoms with Gasteiger partial charge in [-0.15, -0.1) is 5.10 Å². The summed E-state index contributed by atoms with van der Waals surface area (Å²) >= 11 is 0. The number of hydrogen-bond donors (Lipinski definition) is 1. The Bertz CT molecular complexity index is 723. The molecule has 1 aromatic carbocycles. The second-order valence-corrected chi connectivity index (χ2v) is 4.41. The Labute approximate surface area is 131 Å². The van der Waals surface area contributed by atoms with E-state index in [1.807, 2.05) is 0 Å². The van der Waals surface area contributed by atoms with E-state index in [0.717, 1.165) is 0 Å². The largest absolute Gasteiger partial charge is 0.465 e. The minimum absolute atomic E-state index is 0.0164. The van der Waals surface area contributed by atoms with Crippen LogP contribution in [0.5, 0.6) is 0 Å². The molecule has 2 aromatic rings. The number of benzene rings is 1. The quantitative estimate of drug-likeness (QED) is 0.798. The highest BCUT2D eigenvalue weighted by atomic mass is 16.5. The molecule has 0 aliphatic carbocycles. The fourth-order valence-electron chi connectivity index (χ4n) is 1.73. The van der Waals surface area contributed by atoms with Gasteiger partial charge in [-0.25, -0.2) is 14.3 Å². The molecule has 0 fully saturated rings. The number of ether oxygens (including phenoxy) is 2. The fraction of sp³-hybridized carbons (Fsp3) is 0.214. The Morgan fingerprint density at radius 2 is 1.74 bits per heavy atom. The number of amides is 1. The number of aromatic nitrogens is 3. The van der Waals surface area contributed by atoms with Crippen molar-refractivity contribution in [2.45, 2.75) is 6.54 Å². The molecular formula is C14H14N4O5. The molecule has 1 N–H and O–H groups in total. The topological polar surface area (TPSA) is 112 Å². The van der Waals surface area contributed by atoms with Crippen molar-refractivity contribution in [2.75, 3.05) is 19.5 Å². The molecular weight excluding hydrogens is 304 g/mol. The Morgan fingerprint density at radius 1 is 1.09 bits per heavy atom. The molecule has 0 saturated heterocycles. The molecule has 9 nitrogen and oxygen atoms in total. The lowest BCUT2D eigenvalue weighted by Crippen LogP contribution is -2.19. The summed E-state index contributed by atoms with van der Waals surface area (Å²) in [7, 11) is 2.52. The predicted octanol–water partition coefficient (Wildman–Crippen LogP) is 0.490. The number of nitrogens with one attached hydrogen (secondary N) is 1.